The van der Waals surface area contributed by atoms with E-state index < -0.39 is 54.9 Å². The Kier molecular flexibility index (Phi) is 7.23. The van der Waals surface area contributed by atoms with E-state index in [1.807, 2.05) is 0 Å². The van der Waals surface area contributed by atoms with Crippen LogP contribution >= 0.6 is 0 Å². The third kappa shape index (κ3) is 6.79. The fourth-order valence-electron chi connectivity index (χ4n) is 2.27. The van der Waals surface area contributed by atoms with E-state index in [9.17, 15) is 34.8 Å². The lowest BCUT2D eigenvalue weighted by atomic mass is 10.1. The Morgan fingerprint density at radius 2 is 1.53 bits per heavy atom. The first-order valence-corrected chi connectivity index (χ1v) is 11.2. The van der Waals surface area contributed by atoms with Crippen LogP contribution in [0.15, 0.2) is 58.3 Å². The molecule has 2 aromatic carbocycles. The fraction of sp³-hybridized carbons (Fsp3) is 0.235. The number of hydrogen-bond donors (Lipinski definition) is 2. The third-order valence-electron chi connectivity index (χ3n) is 3.69. The Morgan fingerprint density at radius 1 is 0.967 bits per heavy atom. The zero-order valence-electron chi connectivity index (χ0n) is 15.2. The molecule has 0 saturated carbocycles. The van der Waals surface area contributed by atoms with Gasteiger partial charge in [-0.2, -0.15) is 13.2 Å². The Labute approximate surface area is 170 Å². The number of halogens is 3. The number of sulfonamides is 2. The van der Waals surface area contributed by atoms with Crippen LogP contribution in [0.3, 0.4) is 0 Å². The van der Waals surface area contributed by atoms with E-state index >= 15 is 0 Å². The van der Waals surface area contributed by atoms with Crippen molar-refractivity contribution in [2.24, 2.45) is 5.14 Å². The summed E-state index contributed by atoms with van der Waals surface area (Å²) in [6, 6.07) is 9.77. The molecule has 0 spiro atoms. The quantitative estimate of drug-likeness (QED) is 0.571. The van der Waals surface area contributed by atoms with E-state index in [-0.39, 0.29) is 12.2 Å². The van der Waals surface area contributed by atoms with E-state index in [0.717, 1.165) is 12.1 Å². The molecule has 0 aliphatic carbocycles. The SMILES string of the molecule is NS(=O)(=O)c1ccccc1S(=O)(=O)NC(=O)c1ccc(COCCC(F)(F)F)cc1. The van der Waals surface area contributed by atoms with E-state index in [2.05, 4.69) is 0 Å². The van der Waals surface area contributed by atoms with Gasteiger partial charge >= 0.3 is 6.18 Å². The minimum absolute atomic E-state index is 0.0781. The molecule has 0 aliphatic heterocycles. The van der Waals surface area contributed by atoms with Gasteiger partial charge in [0.2, 0.25) is 10.0 Å². The van der Waals surface area contributed by atoms with Crippen molar-refractivity contribution in [1.82, 2.24) is 4.72 Å². The first-order chi connectivity index (χ1) is 13.8. The summed E-state index contributed by atoms with van der Waals surface area (Å²) >= 11 is 0. The number of hydrogen-bond acceptors (Lipinski definition) is 6. The Morgan fingerprint density at radius 3 is 2.07 bits per heavy atom. The van der Waals surface area contributed by atoms with Crippen LogP contribution in [0.25, 0.3) is 0 Å². The number of primary sulfonamides is 1. The lowest BCUT2D eigenvalue weighted by Crippen LogP contribution is -2.32. The van der Waals surface area contributed by atoms with Gasteiger partial charge in [0.25, 0.3) is 15.9 Å². The topological polar surface area (TPSA) is 133 Å². The second-order valence-electron chi connectivity index (χ2n) is 6.04. The van der Waals surface area contributed by atoms with E-state index in [0.29, 0.717) is 5.56 Å². The number of amides is 1. The summed E-state index contributed by atoms with van der Waals surface area (Å²) in [5.41, 5.74) is 0.391. The number of benzene rings is 2. The molecule has 0 aromatic heterocycles. The van der Waals surface area contributed by atoms with Crippen LogP contribution in [0.4, 0.5) is 13.2 Å². The van der Waals surface area contributed by atoms with Crippen LogP contribution in [-0.2, 0) is 31.4 Å². The lowest BCUT2D eigenvalue weighted by molar-refractivity contribution is -0.146. The van der Waals surface area contributed by atoms with Crippen LogP contribution < -0.4 is 9.86 Å². The van der Waals surface area contributed by atoms with Gasteiger partial charge in [-0.1, -0.05) is 24.3 Å². The van der Waals surface area contributed by atoms with Gasteiger partial charge < -0.3 is 4.74 Å². The summed E-state index contributed by atoms with van der Waals surface area (Å²) in [6.07, 6.45) is -5.42. The van der Waals surface area contributed by atoms with Crippen molar-refractivity contribution in [2.45, 2.75) is 29.0 Å². The molecule has 0 unspecified atom stereocenters. The molecule has 30 heavy (non-hydrogen) atoms. The molecule has 1 amide bonds. The molecule has 0 bridgehead atoms. The van der Waals surface area contributed by atoms with E-state index in [1.165, 1.54) is 36.4 Å². The molecule has 0 heterocycles. The van der Waals surface area contributed by atoms with Crippen molar-refractivity contribution in [3.8, 4) is 0 Å². The lowest BCUT2D eigenvalue weighted by Gasteiger charge is -2.11. The molecule has 13 heteroatoms. The van der Waals surface area contributed by atoms with Gasteiger partial charge in [-0.15, -0.1) is 0 Å². The molecule has 3 N–H and O–H groups in total. The highest BCUT2D eigenvalue weighted by Gasteiger charge is 2.27. The highest BCUT2D eigenvalue weighted by atomic mass is 32.2. The molecule has 0 atom stereocenters. The van der Waals surface area contributed by atoms with Crippen LogP contribution in [-0.4, -0.2) is 35.5 Å². The van der Waals surface area contributed by atoms with E-state index in [1.54, 1.807) is 4.72 Å². The Balaban J connectivity index is 2.08. The van der Waals surface area contributed by atoms with Gasteiger partial charge in [-0.25, -0.2) is 26.7 Å². The molecule has 0 fully saturated rings. The first kappa shape index (κ1) is 23.8. The molecule has 0 radical (unpaired) electrons. The molecule has 164 valence electrons. The number of rotatable bonds is 8. The minimum Gasteiger partial charge on any atom is -0.376 e. The van der Waals surface area contributed by atoms with Gasteiger partial charge in [0.05, 0.1) is 19.6 Å². The number of carbonyl (C=O) groups excluding carboxylic acids is 1. The summed E-state index contributed by atoms with van der Waals surface area (Å²) in [5.74, 6) is -1.04. The Bertz CT molecular complexity index is 1110. The van der Waals surface area contributed by atoms with Crippen LogP contribution in [0, 0.1) is 0 Å². The molecule has 2 rings (SSSR count). The first-order valence-electron chi connectivity index (χ1n) is 8.22. The van der Waals surface area contributed by atoms with E-state index in [4.69, 9.17) is 9.88 Å². The van der Waals surface area contributed by atoms with Gasteiger partial charge in [0.15, 0.2) is 0 Å². The zero-order chi connectivity index (χ0) is 22.6. The smallest absolute Gasteiger partial charge is 0.376 e. The van der Waals surface area contributed by atoms with Crippen molar-refractivity contribution >= 4 is 26.0 Å². The van der Waals surface area contributed by atoms with Crippen molar-refractivity contribution in [3.05, 3.63) is 59.7 Å². The fourth-order valence-corrected chi connectivity index (χ4v) is 4.63. The van der Waals surface area contributed by atoms with Crippen LogP contribution in [0.1, 0.15) is 22.3 Å². The molecule has 2 aromatic rings. The maximum absolute atomic E-state index is 12.4. The minimum atomic E-state index is -4.55. The molecular weight excluding hydrogens is 449 g/mol. The number of alkyl halides is 3. The number of ether oxygens (including phenoxy) is 1. The highest BCUT2D eigenvalue weighted by Crippen LogP contribution is 2.20. The molecule has 8 nitrogen and oxygen atoms in total. The van der Waals surface area contributed by atoms with Crippen molar-refractivity contribution < 1.29 is 39.5 Å². The largest absolute Gasteiger partial charge is 0.391 e. The molecule has 0 saturated heterocycles. The Hall–Kier alpha value is -2.48. The van der Waals surface area contributed by atoms with Gasteiger partial charge in [-0.05, 0) is 29.8 Å². The standard InChI is InChI=1S/C17H17F3N2O6S2/c18-17(19,20)9-10-28-11-12-5-7-13(8-6-12)16(23)22-30(26,27)15-4-2-1-3-14(15)29(21,24)25/h1-8H,9-11H2,(H,22,23)(H2,21,24,25). The summed E-state index contributed by atoms with van der Waals surface area (Å²) in [5, 5.41) is 5.01. The maximum atomic E-state index is 12.4. The predicted octanol–water partition coefficient (Wildman–Crippen LogP) is 1.92. The zero-order valence-corrected chi connectivity index (χ0v) is 16.9. The van der Waals surface area contributed by atoms with Gasteiger partial charge in [0, 0.05) is 5.56 Å². The van der Waals surface area contributed by atoms with Gasteiger partial charge in [-0.3, -0.25) is 4.79 Å². The highest BCUT2D eigenvalue weighted by molar-refractivity contribution is 7.92. The summed E-state index contributed by atoms with van der Waals surface area (Å²) in [4.78, 5) is 10.9. The second-order valence-corrected chi connectivity index (χ2v) is 9.22. The summed E-state index contributed by atoms with van der Waals surface area (Å²) in [7, 11) is -8.91. The van der Waals surface area contributed by atoms with Crippen molar-refractivity contribution in [1.29, 1.82) is 0 Å². The second kappa shape index (κ2) is 9.12. The monoisotopic (exact) mass is 466 g/mol. The number of carbonyl (C=O) groups is 1. The third-order valence-corrected chi connectivity index (χ3v) is 6.17. The van der Waals surface area contributed by atoms with Crippen LogP contribution in [0.2, 0.25) is 0 Å². The van der Waals surface area contributed by atoms with Crippen molar-refractivity contribution in [3.63, 3.8) is 0 Å². The van der Waals surface area contributed by atoms with Crippen molar-refractivity contribution in [2.75, 3.05) is 6.61 Å². The molecular formula is C17H17F3N2O6S2. The average Bonchev–Trinajstić information content (AvgIpc) is 2.64. The summed E-state index contributed by atoms with van der Waals surface area (Å²) in [6.45, 7) is -0.647. The summed E-state index contributed by atoms with van der Waals surface area (Å²) < 4.78 is 90.9. The normalized spacial score (nSPS) is 12.5. The predicted molar refractivity (Wildman–Crippen MR) is 99.2 cm³/mol. The molecule has 0 aliphatic rings. The van der Waals surface area contributed by atoms with Gasteiger partial charge in [0.1, 0.15) is 9.79 Å². The van der Waals surface area contributed by atoms with Crippen LogP contribution in [0.5, 0.6) is 0 Å². The number of nitrogens with one attached hydrogen (secondary N) is 1. The average molecular weight is 466 g/mol. The maximum Gasteiger partial charge on any atom is 0.391 e. The number of nitrogens with two attached hydrogens (primary N) is 1.